The van der Waals surface area contributed by atoms with E-state index in [1.165, 1.54) is 6.42 Å². The zero-order valence-corrected chi connectivity index (χ0v) is 12.9. The summed E-state index contributed by atoms with van der Waals surface area (Å²) in [6.45, 7) is 11.7. The number of rotatable bonds is 9. The lowest BCUT2D eigenvalue weighted by atomic mass is 10.3. The summed E-state index contributed by atoms with van der Waals surface area (Å²) in [5, 5.41) is 3.32. The van der Waals surface area contributed by atoms with Gasteiger partial charge in [0.05, 0.1) is 0 Å². The van der Waals surface area contributed by atoms with Crippen molar-refractivity contribution in [1.82, 2.24) is 9.97 Å². The van der Waals surface area contributed by atoms with E-state index in [-0.39, 0.29) is 0 Å². The van der Waals surface area contributed by atoms with Crippen molar-refractivity contribution in [2.24, 2.45) is 0 Å². The largest absolute Gasteiger partial charge is 0.356 e. The summed E-state index contributed by atoms with van der Waals surface area (Å²) in [6, 6.07) is 2.08. The van der Waals surface area contributed by atoms with Crippen LogP contribution < -0.4 is 10.2 Å². The van der Waals surface area contributed by atoms with Crippen molar-refractivity contribution in [3.8, 4) is 0 Å². The lowest BCUT2D eigenvalue weighted by molar-refractivity contribution is 0.731. The van der Waals surface area contributed by atoms with E-state index in [1.54, 1.807) is 0 Å². The van der Waals surface area contributed by atoms with Crippen LogP contribution in [0.1, 0.15) is 52.1 Å². The molecule has 1 N–H and O–H groups in total. The molecule has 0 aliphatic heterocycles. The van der Waals surface area contributed by atoms with Crippen molar-refractivity contribution in [2.45, 2.75) is 53.4 Å². The molecule has 0 amide bonds. The highest BCUT2D eigenvalue weighted by atomic mass is 15.2. The first-order valence-electron chi connectivity index (χ1n) is 7.55. The Morgan fingerprint density at radius 3 is 2.32 bits per heavy atom. The number of nitrogens with one attached hydrogen (secondary N) is 1. The van der Waals surface area contributed by atoms with Crippen LogP contribution in [0.2, 0.25) is 0 Å². The zero-order valence-electron chi connectivity index (χ0n) is 12.9. The van der Waals surface area contributed by atoms with Crippen LogP contribution in [0.4, 0.5) is 11.8 Å². The second-order valence-electron chi connectivity index (χ2n) is 4.96. The second kappa shape index (κ2) is 8.73. The van der Waals surface area contributed by atoms with Crippen LogP contribution in [0.5, 0.6) is 0 Å². The number of aromatic nitrogens is 2. The molecule has 0 radical (unpaired) electrons. The van der Waals surface area contributed by atoms with Crippen LogP contribution in [0.3, 0.4) is 0 Å². The maximum atomic E-state index is 4.65. The Morgan fingerprint density at radius 1 is 1.05 bits per heavy atom. The fourth-order valence-electron chi connectivity index (χ4n) is 2.05. The SMILES string of the molecule is CCCCNc1nc(C)cc(N(CCC)CCC)n1. The van der Waals surface area contributed by atoms with Crippen LogP contribution in [0.25, 0.3) is 0 Å². The molecular formula is C15H28N4. The van der Waals surface area contributed by atoms with Gasteiger partial charge in [0.1, 0.15) is 5.82 Å². The Labute approximate surface area is 117 Å². The molecule has 4 heteroatoms. The van der Waals surface area contributed by atoms with Crippen LogP contribution in [0.15, 0.2) is 6.07 Å². The Morgan fingerprint density at radius 2 is 1.74 bits per heavy atom. The van der Waals surface area contributed by atoms with Crippen molar-refractivity contribution in [2.75, 3.05) is 29.9 Å². The third-order valence-corrected chi connectivity index (χ3v) is 2.97. The monoisotopic (exact) mass is 264 g/mol. The predicted molar refractivity (Wildman–Crippen MR) is 83.0 cm³/mol. The van der Waals surface area contributed by atoms with E-state index in [2.05, 4.69) is 47.0 Å². The van der Waals surface area contributed by atoms with Gasteiger partial charge in [-0.05, 0) is 26.2 Å². The third-order valence-electron chi connectivity index (χ3n) is 2.97. The van der Waals surface area contributed by atoms with Gasteiger partial charge in [-0.2, -0.15) is 4.98 Å². The molecule has 0 fully saturated rings. The van der Waals surface area contributed by atoms with Crippen LogP contribution >= 0.6 is 0 Å². The van der Waals surface area contributed by atoms with Gasteiger partial charge in [0.25, 0.3) is 0 Å². The summed E-state index contributed by atoms with van der Waals surface area (Å²) in [4.78, 5) is 11.5. The van der Waals surface area contributed by atoms with Crippen molar-refractivity contribution in [1.29, 1.82) is 0 Å². The molecule has 0 bridgehead atoms. The Balaban J connectivity index is 2.80. The van der Waals surface area contributed by atoms with Crippen molar-refractivity contribution in [3.05, 3.63) is 11.8 Å². The lowest BCUT2D eigenvalue weighted by Gasteiger charge is -2.23. The third kappa shape index (κ3) is 5.45. The molecule has 0 aromatic carbocycles. The Kier molecular flexibility index (Phi) is 7.23. The summed E-state index contributed by atoms with van der Waals surface area (Å²) in [5.74, 6) is 1.82. The summed E-state index contributed by atoms with van der Waals surface area (Å²) in [7, 11) is 0. The fraction of sp³-hybridized carbons (Fsp3) is 0.733. The molecule has 1 heterocycles. The molecule has 1 aromatic heterocycles. The van der Waals surface area contributed by atoms with Gasteiger partial charge in [0.15, 0.2) is 0 Å². The number of anilines is 2. The molecular weight excluding hydrogens is 236 g/mol. The van der Waals surface area contributed by atoms with Crippen LogP contribution in [-0.4, -0.2) is 29.6 Å². The minimum absolute atomic E-state index is 0.764. The molecule has 0 spiro atoms. The van der Waals surface area contributed by atoms with Gasteiger partial charge in [0.2, 0.25) is 5.95 Å². The summed E-state index contributed by atoms with van der Waals surface area (Å²) >= 11 is 0. The molecule has 0 aliphatic rings. The van der Waals surface area contributed by atoms with E-state index < -0.39 is 0 Å². The van der Waals surface area contributed by atoms with Gasteiger partial charge in [0, 0.05) is 31.4 Å². The van der Waals surface area contributed by atoms with E-state index in [1.807, 2.05) is 6.92 Å². The van der Waals surface area contributed by atoms with E-state index in [4.69, 9.17) is 0 Å². The quantitative estimate of drug-likeness (QED) is 0.692. The molecule has 0 aliphatic carbocycles. The van der Waals surface area contributed by atoms with Gasteiger partial charge in [-0.1, -0.05) is 27.2 Å². The molecule has 0 unspecified atom stereocenters. The molecule has 1 aromatic rings. The highest BCUT2D eigenvalue weighted by Gasteiger charge is 2.09. The molecule has 19 heavy (non-hydrogen) atoms. The van der Waals surface area contributed by atoms with Gasteiger partial charge in [-0.25, -0.2) is 4.98 Å². The Bertz CT molecular complexity index is 359. The topological polar surface area (TPSA) is 41.1 Å². The first-order chi connectivity index (χ1) is 9.21. The smallest absolute Gasteiger partial charge is 0.224 e. The zero-order chi connectivity index (χ0) is 14.1. The van der Waals surface area contributed by atoms with E-state index in [9.17, 15) is 0 Å². The van der Waals surface area contributed by atoms with Gasteiger partial charge in [-0.3, -0.25) is 0 Å². The fourth-order valence-corrected chi connectivity index (χ4v) is 2.05. The van der Waals surface area contributed by atoms with E-state index in [0.717, 1.165) is 56.4 Å². The molecule has 0 saturated heterocycles. The molecule has 4 nitrogen and oxygen atoms in total. The highest BCUT2D eigenvalue weighted by molar-refractivity contribution is 5.44. The van der Waals surface area contributed by atoms with Crippen LogP contribution in [-0.2, 0) is 0 Å². The summed E-state index contributed by atoms with van der Waals surface area (Å²) < 4.78 is 0. The number of aryl methyl sites for hydroxylation is 1. The second-order valence-corrected chi connectivity index (χ2v) is 4.96. The van der Waals surface area contributed by atoms with Crippen molar-refractivity contribution >= 4 is 11.8 Å². The molecule has 0 saturated carbocycles. The van der Waals surface area contributed by atoms with Gasteiger partial charge < -0.3 is 10.2 Å². The molecule has 0 atom stereocenters. The Hall–Kier alpha value is -1.32. The predicted octanol–water partition coefficient (Wildman–Crippen LogP) is 3.62. The number of hydrogen-bond donors (Lipinski definition) is 1. The molecule has 1 rings (SSSR count). The maximum absolute atomic E-state index is 4.65. The summed E-state index contributed by atoms with van der Waals surface area (Å²) in [5.41, 5.74) is 1.03. The average Bonchev–Trinajstić information content (AvgIpc) is 2.38. The maximum Gasteiger partial charge on any atom is 0.224 e. The van der Waals surface area contributed by atoms with Crippen LogP contribution in [0, 0.1) is 6.92 Å². The summed E-state index contributed by atoms with van der Waals surface area (Å²) in [6.07, 6.45) is 4.62. The minimum Gasteiger partial charge on any atom is -0.356 e. The normalized spacial score (nSPS) is 10.5. The van der Waals surface area contributed by atoms with Gasteiger partial charge in [-0.15, -0.1) is 0 Å². The van der Waals surface area contributed by atoms with Crippen molar-refractivity contribution in [3.63, 3.8) is 0 Å². The minimum atomic E-state index is 0.764. The number of nitrogens with zero attached hydrogens (tertiary/aromatic N) is 3. The molecule has 108 valence electrons. The van der Waals surface area contributed by atoms with E-state index >= 15 is 0 Å². The first kappa shape index (κ1) is 15.7. The number of hydrogen-bond acceptors (Lipinski definition) is 4. The van der Waals surface area contributed by atoms with Gasteiger partial charge >= 0.3 is 0 Å². The standard InChI is InChI=1S/C15H28N4/c1-5-8-9-16-15-17-13(4)12-14(18-15)19(10-6-2)11-7-3/h12H,5-11H2,1-4H3,(H,16,17,18). The average molecular weight is 264 g/mol. The lowest BCUT2D eigenvalue weighted by Crippen LogP contribution is -2.26. The first-order valence-corrected chi connectivity index (χ1v) is 7.55. The number of unbranched alkanes of at least 4 members (excludes halogenated alkanes) is 1. The highest BCUT2D eigenvalue weighted by Crippen LogP contribution is 2.15. The van der Waals surface area contributed by atoms with E-state index in [0.29, 0.717) is 0 Å². The van der Waals surface area contributed by atoms with Crippen molar-refractivity contribution < 1.29 is 0 Å².